The number of carboxylic acid groups (broad SMARTS) is 1. The van der Waals surface area contributed by atoms with Gasteiger partial charge < -0.3 is 15.2 Å². The number of nitrogens with zero attached hydrogens (tertiary/aromatic N) is 2. The first-order chi connectivity index (χ1) is 13.1. The van der Waals surface area contributed by atoms with Crippen LogP contribution in [0.2, 0.25) is 0 Å². The van der Waals surface area contributed by atoms with Crippen LogP contribution in [0.4, 0.5) is 0 Å². The summed E-state index contributed by atoms with van der Waals surface area (Å²) in [5.74, 6) is 0.0122. The van der Waals surface area contributed by atoms with Crippen LogP contribution in [0.5, 0.6) is 0 Å². The monoisotopic (exact) mass is 373 g/mol. The first kappa shape index (κ1) is 18.4. The van der Waals surface area contributed by atoms with E-state index >= 15 is 0 Å². The summed E-state index contributed by atoms with van der Waals surface area (Å²) in [6.45, 7) is 2.92. The van der Waals surface area contributed by atoms with Crippen LogP contribution < -0.4 is 5.32 Å². The van der Waals surface area contributed by atoms with E-state index < -0.39 is 5.97 Å². The number of fused-ring (bicyclic) bond motifs is 1. The maximum atomic E-state index is 12.3. The Morgan fingerprint density at radius 2 is 2.26 bits per heavy atom. The molecule has 0 unspecified atom stereocenters. The van der Waals surface area contributed by atoms with Crippen molar-refractivity contribution in [2.24, 2.45) is 11.8 Å². The molecule has 1 amide bonds. The number of aryl methyl sites for hydroxylation is 1. The number of hydrogen-bond donors (Lipinski definition) is 2. The number of aliphatic carboxylic acids is 1. The van der Waals surface area contributed by atoms with Crippen LogP contribution in [0.3, 0.4) is 0 Å². The van der Waals surface area contributed by atoms with Crippen molar-refractivity contribution in [3.63, 3.8) is 0 Å². The number of hydrogen-bond acceptors (Lipinski definition) is 5. The third-order valence-electron chi connectivity index (χ3n) is 6.37. The zero-order valence-corrected chi connectivity index (χ0v) is 15.5. The molecule has 1 aromatic heterocycles. The molecule has 3 saturated heterocycles. The van der Waals surface area contributed by atoms with E-state index in [0.29, 0.717) is 37.8 Å². The smallest absolute Gasteiger partial charge is 0.304 e. The minimum absolute atomic E-state index is 0.0539. The Morgan fingerprint density at radius 1 is 1.37 bits per heavy atom. The van der Waals surface area contributed by atoms with Crippen LogP contribution in [0.25, 0.3) is 0 Å². The highest BCUT2D eigenvalue weighted by molar-refractivity contribution is 5.76. The lowest BCUT2D eigenvalue weighted by Gasteiger charge is -2.29. The van der Waals surface area contributed by atoms with Crippen LogP contribution in [-0.4, -0.2) is 64.8 Å². The zero-order chi connectivity index (χ0) is 18.9. The van der Waals surface area contributed by atoms with E-state index in [2.05, 4.69) is 15.2 Å². The third kappa shape index (κ3) is 3.84. The van der Waals surface area contributed by atoms with Crippen LogP contribution >= 0.6 is 0 Å². The Kier molecular flexibility index (Phi) is 5.14. The molecule has 4 rings (SSSR count). The van der Waals surface area contributed by atoms with E-state index in [1.165, 1.54) is 0 Å². The average Bonchev–Trinajstić information content (AvgIpc) is 3.32. The highest BCUT2D eigenvalue weighted by Gasteiger charge is 2.62. The van der Waals surface area contributed by atoms with Gasteiger partial charge in [-0.25, -0.2) is 0 Å². The number of carbonyl (C=O) groups is 2. The molecule has 4 heterocycles. The Hall–Kier alpha value is -1.99. The SMILES string of the molecule is O=C(O)CCN1C[C@@H]2[C@H](CNC(=O)CCc3ccccn3)[C@H]3CC[C@]2(C1)O3. The van der Waals surface area contributed by atoms with Gasteiger partial charge in [0.05, 0.1) is 18.1 Å². The second-order valence-electron chi connectivity index (χ2n) is 8.03. The van der Waals surface area contributed by atoms with Gasteiger partial charge in [0.1, 0.15) is 0 Å². The summed E-state index contributed by atoms with van der Waals surface area (Å²) >= 11 is 0. The van der Waals surface area contributed by atoms with E-state index in [9.17, 15) is 9.59 Å². The molecule has 0 aliphatic carbocycles. The first-order valence-corrected chi connectivity index (χ1v) is 9.84. The molecule has 1 aromatic rings. The number of amides is 1. The quantitative estimate of drug-likeness (QED) is 0.709. The number of likely N-dealkylation sites (tertiary alicyclic amines) is 1. The van der Waals surface area contributed by atoms with E-state index in [-0.39, 0.29) is 24.0 Å². The molecule has 3 aliphatic heterocycles. The van der Waals surface area contributed by atoms with Crippen molar-refractivity contribution in [3.05, 3.63) is 30.1 Å². The molecule has 4 atom stereocenters. The van der Waals surface area contributed by atoms with Crippen LogP contribution in [-0.2, 0) is 20.7 Å². The molecule has 7 nitrogen and oxygen atoms in total. The van der Waals surface area contributed by atoms with Crippen molar-refractivity contribution in [3.8, 4) is 0 Å². The molecule has 2 bridgehead atoms. The minimum atomic E-state index is -0.758. The number of nitrogens with one attached hydrogen (secondary N) is 1. The summed E-state index contributed by atoms with van der Waals surface area (Å²) < 4.78 is 6.34. The average molecular weight is 373 g/mol. The Labute approximate surface area is 159 Å². The number of aromatic nitrogens is 1. The number of carbonyl (C=O) groups excluding carboxylic acids is 1. The van der Waals surface area contributed by atoms with Crippen molar-refractivity contribution in [2.75, 3.05) is 26.2 Å². The lowest BCUT2D eigenvalue weighted by molar-refractivity contribution is -0.137. The molecule has 0 radical (unpaired) electrons. The Bertz CT molecular complexity index is 698. The molecule has 7 heteroatoms. The largest absolute Gasteiger partial charge is 0.481 e. The van der Waals surface area contributed by atoms with Crippen LogP contribution in [0.15, 0.2) is 24.4 Å². The summed E-state index contributed by atoms with van der Waals surface area (Å²) in [6, 6.07) is 5.74. The van der Waals surface area contributed by atoms with Crippen LogP contribution in [0.1, 0.15) is 31.4 Å². The van der Waals surface area contributed by atoms with Crippen molar-refractivity contribution in [1.29, 1.82) is 0 Å². The van der Waals surface area contributed by atoms with Gasteiger partial charge in [0, 0.05) is 56.3 Å². The number of rotatable bonds is 8. The van der Waals surface area contributed by atoms with Gasteiger partial charge in [0.25, 0.3) is 0 Å². The molecule has 0 saturated carbocycles. The summed E-state index contributed by atoms with van der Waals surface area (Å²) in [5.41, 5.74) is 0.812. The predicted octanol–water partition coefficient (Wildman–Crippen LogP) is 1.08. The fourth-order valence-corrected chi connectivity index (χ4v) is 5.09. The van der Waals surface area contributed by atoms with Gasteiger partial charge in [-0.1, -0.05) is 6.07 Å². The molecule has 27 heavy (non-hydrogen) atoms. The zero-order valence-electron chi connectivity index (χ0n) is 15.5. The summed E-state index contributed by atoms with van der Waals surface area (Å²) in [7, 11) is 0. The highest BCUT2D eigenvalue weighted by Crippen LogP contribution is 2.54. The standard InChI is InChI=1S/C20H27N3O4/c24-18(5-4-14-3-1-2-9-21-14)22-11-15-16-12-23(10-7-19(25)26)13-20(16)8-6-17(15)27-20/h1-3,9,15-17H,4-8,10-13H2,(H,22,24)(H,25,26)/t15-,16+,17+,20+/m0/s1. The van der Waals surface area contributed by atoms with E-state index in [1.807, 2.05) is 18.2 Å². The second kappa shape index (κ2) is 7.56. The molecule has 0 aromatic carbocycles. The minimum Gasteiger partial charge on any atom is -0.481 e. The van der Waals surface area contributed by atoms with E-state index in [1.54, 1.807) is 6.20 Å². The van der Waals surface area contributed by atoms with Crippen molar-refractivity contribution in [1.82, 2.24) is 15.2 Å². The predicted molar refractivity (Wildman–Crippen MR) is 98.1 cm³/mol. The van der Waals surface area contributed by atoms with E-state index in [4.69, 9.17) is 9.84 Å². The molecule has 2 N–H and O–H groups in total. The third-order valence-corrected chi connectivity index (χ3v) is 6.37. The molecular weight excluding hydrogens is 346 g/mol. The van der Waals surface area contributed by atoms with Gasteiger partial charge in [-0.05, 0) is 31.4 Å². The number of carboxylic acids is 1. The van der Waals surface area contributed by atoms with Crippen molar-refractivity contribution >= 4 is 11.9 Å². The van der Waals surface area contributed by atoms with E-state index in [0.717, 1.165) is 31.6 Å². The fourth-order valence-electron chi connectivity index (χ4n) is 5.09. The first-order valence-electron chi connectivity index (χ1n) is 9.84. The topological polar surface area (TPSA) is 91.8 Å². The number of pyridine rings is 1. The molecule has 146 valence electrons. The molecule has 3 aliphatic rings. The molecule has 3 fully saturated rings. The lowest BCUT2D eigenvalue weighted by Crippen LogP contribution is -2.41. The summed E-state index contributed by atoms with van der Waals surface area (Å²) in [6.07, 6.45) is 5.32. The second-order valence-corrected chi connectivity index (χ2v) is 8.03. The number of ether oxygens (including phenoxy) is 1. The fraction of sp³-hybridized carbons (Fsp3) is 0.650. The summed E-state index contributed by atoms with van der Waals surface area (Å²) in [4.78, 5) is 29.6. The Morgan fingerprint density at radius 3 is 3.04 bits per heavy atom. The van der Waals surface area contributed by atoms with Crippen molar-refractivity contribution < 1.29 is 19.4 Å². The van der Waals surface area contributed by atoms with Gasteiger partial charge in [-0.15, -0.1) is 0 Å². The maximum Gasteiger partial charge on any atom is 0.304 e. The molecular formula is C20H27N3O4. The van der Waals surface area contributed by atoms with Gasteiger partial charge >= 0.3 is 5.97 Å². The lowest BCUT2D eigenvalue weighted by atomic mass is 9.73. The van der Waals surface area contributed by atoms with Gasteiger partial charge in [-0.3, -0.25) is 19.5 Å². The van der Waals surface area contributed by atoms with Crippen LogP contribution in [0, 0.1) is 11.8 Å². The normalized spacial score (nSPS) is 31.8. The van der Waals surface area contributed by atoms with Gasteiger partial charge in [-0.2, -0.15) is 0 Å². The van der Waals surface area contributed by atoms with Gasteiger partial charge in [0.15, 0.2) is 0 Å². The maximum absolute atomic E-state index is 12.3. The van der Waals surface area contributed by atoms with Crippen molar-refractivity contribution in [2.45, 2.75) is 43.8 Å². The Balaban J connectivity index is 1.28. The highest BCUT2D eigenvalue weighted by atomic mass is 16.5. The summed E-state index contributed by atoms with van der Waals surface area (Å²) in [5, 5.41) is 12.0. The molecule has 1 spiro atoms. The van der Waals surface area contributed by atoms with Gasteiger partial charge in [0.2, 0.25) is 5.91 Å².